The molecule has 1 unspecified atom stereocenters. The van der Waals surface area contributed by atoms with Gasteiger partial charge in [0.25, 0.3) is 0 Å². The molecule has 75 heavy (non-hydrogen) atoms. The maximum absolute atomic E-state index is 12.9. The summed E-state index contributed by atoms with van der Waals surface area (Å²) in [6.45, 7) is 6.64. The van der Waals surface area contributed by atoms with Crippen molar-refractivity contribution >= 4 is 17.9 Å². The molecule has 0 aliphatic heterocycles. The fourth-order valence-electron chi connectivity index (χ4n) is 9.80. The van der Waals surface area contributed by atoms with Crippen molar-refractivity contribution < 1.29 is 28.6 Å². The minimum atomic E-state index is -0.778. The van der Waals surface area contributed by atoms with Crippen LogP contribution in [0, 0.1) is 0 Å². The Bertz CT molecular complexity index is 1300. The van der Waals surface area contributed by atoms with E-state index in [1.807, 2.05) is 0 Å². The Morgan fingerprint density at radius 1 is 0.267 bits per heavy atom. The van der Waals surface area contributed by atoms with Crippen molar-refractivity contribution in [2.45, 2.75) is 361 Å². The maximum atomic E-state index is 12.9. The van der Waals surface area contributed by atoms with Gasteiger partial charge in [-0.15, -0.1) is 0 Å². The Balaban J connectivity index is 4.21. The van der Waals surface area contributed by atoms with E-state index in [4.69, 9.17) is 14.2 Å². The van der Waals surface area contributed by atoms with E-state index in [9.17, 15) is 14.4 Å². The van der Waals surface area contributed by atoms with Crippen LogP contribution in [0.15, 0.2) is 48.6 Å². The molecule has 0 aromatic heterocycles. The molecule has 0 N–H and O–H groups in total. The summed E-state index contributed by atoms with van der Waals surface area (Å²) in [6, 6.07) is 0. The van der Waals surface area contributed by atoms with Gasteiger partial charge in [0.05, 0.1) is 0 Å². The number of allylic oxidation sites excluding steroid dienone is 8. The van der Waals surface area contributed by atoms with Gasteiger partial charge in [-0.25, -0.2) is 0 Å². The number of unbranched alkanes of at least 4 members (excludes halogenated alkanes) is 42. The van der Waals surface area contributed by atoms with Gasteiger partial charge in [0.15, 0.2) is 6.10 Å². The molecule has 6 nitrogen and oxygen atoms in total. The first-order valence-electron chi connectivity index (χ1n) is 33.1. The Labute approximate surface area is 467 Å². The zero-order valence-corrected chi connectivity index (χ0v) is 50.3. The predicted octanol–water partition coefficient (Wildman–Crippen LogP) is 22.6. The lowest BCUT2D eigenvalue weighted by atomic mass is 10.0. The first-order valence-corrected chi connectivity index (χ1v) is 33.1. The molecule has 0 aromatic carbocycles. The van der Waals surface area contributed by atoms with Gasteiger partial charge in [0.2, 0.25) is 0 Å². The maximum Gasteiger partial charge on any atom is 0.306 e. The summed E-state index contributed by atoms with van der Waals surface area (Å²) in [6.07, 6.45) is 79.9. The normalized spacial score (nSPS) is 12.3. The number of carbonyl (C=O) groups is 3. The van der Waals surface area contributed by atoms with E-state index in [0.29, 0.717) is 19.3 Å². The molecule has 0 heterocycles. The van der Waals surface area contributed by atoms with Crippen LogP contribution in [-0.4, -0.2) is 37.2 Å². The van der Waals surface area contributed by atoms with Crippen molar-refractivity contribution in [1.29, 1.82) is 0 Å². The molecule has 0 rings (SSSR count). The molecule has 0 aliphatic carbocycles. The van der Waals surface area contributed by atoms with Gasteiger partial charge in [0.1, 0.15) is 13.2 Å². The molecule has 438 valence electrons. The van der Waals surface area contributed by atoms with Gasteiger partial charge in [-0.1, -0.05) is 301 Å². The minimum Gasteiger partial charge on any atom is -0.462 e. The molecule has 0 bridgehead atoms. The Morgan fingerprint density at radius 2 is 0.480 bits per heavy atom. The van der Waals surface area contributed by atoms with Crippen LogP contribution in [0.4, 0.5) is 0 Å². The van der Waals surface area contributed by atoms with Gasteiger partial charge < -0.3 is 14.2 Å². The highest BCUT2D eigenvalue weighted by Gasteiger charge is 2.19. The summed E-state index contributed by atoms with van der Waals surface area (Å²) in [5.74, 6) is -0.867. The molecule has 0 aliphatic rings. The molecule has 0 aromatic rings. The quantitative estimate of drug-likeness (QED) is 0.0261. The van der Waals surface area contributed by atoms with Crippen LogP contribution in [0.3, 0.4) is 0 Å². The lowest BCUT2D eigenvalue weighted by molar-refractivity contribution is -0.167. The standard InChI is InChI=1S/C69H126O6/c1-4-7-10-13-16-19-22-24-26-28-30-31-32-33-34-35-36-37-39-40-42-44-47-50-53-56-59-62-68(71)74-65-66(64-73-67(70)61-58-55-52-49-46-21-18-15-12-9-6-3)75-69(72)63-60-57-54-51-48-45-43-41-38-29-27-25-23-20-17-14-11-8-5-2/h17,20,25,27-28,30,38,41,66H,4-16,18-19,21-24,26,29,31-37,39-40,42-65H2,1-3H3/b20-17-,27-25-,30-28-,41-38-. The topological polar surface area (TPSA) is 78.9 Å². The smallest absolute Gasteiger partial charge is 0.306 e. The molecule has 0 saturated heterocycles. The Kier molecular flexibility index (Phi) is 61.7. The van der Waals surface area contributed by atoms with Crippen LogP contribution in [0.2, 0.25) is 0 Å². The van der Waals surface area contributed by atoms with Crippen LogP contribution in [0.1, 0.15) is 355 Å². The SMILES string of the molecule is CCCCC/C=C\C/C=C\C/C=C\CCCCCCCCC(=O)OC(COC(=O)CCCCCCCCCCCCC)COC(=O)CCCCCCCCCCCCCCCCC/C=C\CCCCCCCCCC. The van der Waals surface area contributed by atoms with Gasteiger partial charge >= 0.3 is 17.9 Å². The van der Waals surface area contributed by atoms with E-state index < -0.39 is 6.10 Å². The van der Waals surface area contributed by atoms with E-state index >= 15 is 0 Å². The van der Waals surface area contributed by atoms with Crippen LogP contribution < -0.4 is 0 Å². The van der Waals surface area contributed by atoms with Crippen molar-refractivity contribution in [3.8, 4) is 0 Å². The Morgan fingerprint density at radius 3 is 0.787 bits per heavy atom. The molecule has 6 heteroatoms. The average Bonchev–Trinajstić information content (AvgIpc) is 3.41. The third-order valence-corrected chi connectivity index (χ3v) is 14.8. The summed E-state index contributed by atoms with van der Waals surface area (Å²) in [5, 5.41) is 0. The zero-order chi connectivity index (χ0) is 54.3. The number of carbonyl (C=O) groups excluding carboxylic acids is 3. The van der Waals surface area contributed by atoms with Crippen molar-refractivity contribution in [1.82, 2.24) is 0 Å². The van der Waals surface area contributed by atoms with E-state index in [2.05, 4.69) is 69.4 Å². The molecular weight excluding hydrogens is 925 g/mol. The summed E-state index contributed by atoms with van der Waals surface area (Å²) in [7, 11) is 0. The first kappa shape index (κ1) is 72.4. The molecular formula is C69H126O6. The first-order chi connectivity index (χ1) is 37.0. The number of ether oxygens (including phenoxy) is 3. The molecule has 0 spiro atoms. The van der Waals surface area contributed by atoms with E-state index in [1.54, 1.807) is 0 Å². The third kappa shape index (κ3) is 62.1. The van der Waals surface area contributed by atoms with Crippen LogP contribution >= 0.6 is 0 Å². The monoisotopic (exact) mass is 1050 g/mol. The summed E-state index contributed by atoms with van der Waals surface area (Å²) >= 11 is 0. The van der Waals surface area contributed by atoms with E-state index in [0.717, 1.165) is 77.0 Å². The van der Waals surface area contributed by atoms with Gasteiger partial charge in [-0.05, 0) is 83.5 Å². The second kappa shape index (κ2) is 63.9. The summed E-state index contributed by atoms with van der Waals surface area (Å²) < 4.78 is 16.9. The molecule has 1 atom stereocenters. The lowest BCUT2D eigenvalue weighted by Crippen LogP contribution is -2.30. The number of esters is 3. The predicted molar refractivity (Wildman–Crippen MR) is 325 cm³/mol. The molecule has 0 saturated carbocycles. The molecule has 0 amide bonds. The van der Waals surface area contributed by atoms with Crippen molar-refractivity contribution in [2.24, 2.45) is 0 Å². The van der Waals surface area contributed by atoms with Crippen LogP contribution in [-0.2, 0) is 28.6 Å². The summed E-state index contributed by atoms with van der Waals surface area (Å²) in [4.78, 5) is 38.3. The highest BCUT2D eigenvalue weighted by molar-refractivity contribution is 5.71. The van der Waals surface area contributed by atoms with Crippen molar-refractivity contribution in [3.05, 3.63) is 48.6 Å². The summed E-state index contributed by atoms with van der Waals surface area (Å²) in [5.41, 5.74) is 0. The van der Waals surface area contributed by atoms with Gasteiger partial charge in [-0.3, -0.25) is 14.4 Å². The fourth-order valence-corrected chi connectivity index (χ4v) is 9.80. The van der Waals surface area contributed by atoms with Gasteiger partial charge in [0, 0.05) is 19.3 Å². The van der Waals surface area contributed by atoms with E-state index in [-0.39, 0.29) is 31.1 Å². The van der Waals surface area contributed by atoms with Crippen molar-refractivity contribution in [3.63, 3.8) is 0 Å². The highest BCUT2D eigenvalue weighted by atomic mass is 16.6. The molecule has 0 fully saturated rings. The number of hydrogen-bond donors (Lipinski definition) is 0. The van der Waals surface area contributed by atoms with Crippen molar-refractivity contribution in [2.75, 3.05) is 13.2 Å². The van der Waals surface area contributed by atoms with Crippen LogP contribution in [0.25, 0.3) is 0 Å². The number of rotatable bonds is 61. The Hall–Kier alpha value is -2.63. The third-order valence-electron chi connectivity index (χ3n) is 14.8. The lowest BCUT2D eigenvalue weighted by Gasteiger charge is -2.18. The fraction of sp³-hybridized carbons (Fsp3) is 0.841. The number of hydrogen-bond acceptors (Lipinski definition) is 6. The molecule has 0 radical (unpaired) electrons. The van der Waals surface area contributed by atoms with Crippen LogP contribution in [0.5, 0.6) is 0 Å². The second-order valence-electron chi connectivity index (χ2n) is 22.4. The average molecular weight is 1050 g/mol. The van der Waals surface area contributed by atoms with E-state index in [1.165, 1.54) is 238 Å². The highest BCUT2D eigenvalue weighted by Crippen LogP contribution is 2.17. The zero-order valence-electron chi connectivity index (χ0n) is 50.3. The second-order valence-corrected chi connectivity index (χ2v) is 22.4. The largest absolute Gasteiger partial charge is 0.462 e. The minimum absolute atomic E-state index is 0.0745. The van der Waals surface area contributed by atoms with Gasteiger partial charge in [-0.2, -0.15) is 0 Å².